The molecule has 0 N–H and O–H groups in total. The van der Waals surface area contributed by atoms with Crippen LogP contribution >= 0.6 is 11.6 Å². The van der Waals surface area contributed by atoms with E-state index < -0.39 is 6.04 Å². The van der Waals surface area contributed by atoms with Crippen LogP contribution in [-0.2, 0) is 9.59 Å². The van der Waals surface area contributed by atoms with E-state index in [4.69, 9.17) is 16.3 Å². The van der Waals surface area contributed by atoms with Gasteiger partial charge in [0.05, 0.1) is 0 Å². The molecule has 0 radical (unpaired) electrons. The zero-order valence-corrected chi connectivity index (χ0v) is 22.5. The minimum absolute atomic E-state index is 0.0757. The smallest absolute Gasteiger partial charge is 0.245 e. The maximum atomic E-state index is 13.2. The number of rotatable bonds is 7. The third-order valence-electron chi connectivity index (χ3n) is 8.61. The Hall–Kier alpha value is -2.15. The normalized spacial score (nSPS) is 26.6. The number of carbonyl (C=O) groups is 2. The van der Waals surface area contributed by atoms with Gasteiger partial charge < -0.3 is 14.5 Å². The summed E-state index contributed by atoms with van der Waals surface area (Å²) >= 11 is 6.04. The highest BCUT2D eigenvalue weighted by molar-refractivity contribution is 6.64. The molecular formula is C30H40ClN3O3. The summed E-state index contributed by atoms with van der Waals surface area (Å²) < 4.78 is 5.95. The number of halogens is 1. The number of hydrogen-bond donors (Lipinski definition) is 0. The Balaban J connectivity index is 1.07. The highest BCUT2D eigenvalue weighted by Crippen LogP contribution is 2.29. The fourth-order valence-electron chi connectivity index (χ4n) is 6.46. The monoisotopic (exact) mass is 525 g/mol. The molecule has 1 aromatic carbocycles. The minimum Gasteiger partial charge on any atom is -0.458 e. The summed E-state index contributed by atoms with van der Waals surface area (Å²) in [6, 6.07) is 9.86. The molecule has 0 spiro atoms. The van der Waals surface area contributed by atoms with E-state index in [0.29, 0.717) is 25.0 Å². The summed E-state index contributed by atoms with van der Waals surface area (Å²) in [5.41, 5.74) is 0. The molecule has 0 bridgehead atoms. The zero-order chi connectivity index (χ0) is 25.6. The van der Waals surface area contributed by atoms with Gasteiger partial charge in [0.1, 0.15) is 17.6 Å². The first-order valence-electron chi connectivity index (χ1n) is 14.1. The van der Waals surface area contributed by atoms with Crippen molar-refractivity contribution in [1.82, 2.24) is 14.7 Å². The number of carbonyl (C=O) groups excluding carboxylic acids is 2. The van der Waals surface area contributed by atoms with Gasteiger partial charge in [0, 0.05) is 38.1 Å². The summed E-state index contributed by atoms with van der Waals surface area (Å²) in [6.45, 7) is 5.21. The fourth-order valence-corrected chi connectivity index (χ4v) is 6.64. The Bertz CT molecular complexity index is 983. The number of nitrogens with zero attached hydrogens (tertiary/aromatic N) is 3. The van der Waals surface area contributed by atoms with Crippen LogP contribution in [0.15, 0.2) is 54.3 Å². The van der Waals surface area contributed by atoms with Gasteiger partial charge in [-0.15, -0.1) is 0 Å². The van der Waals surface area contributed by atoms with Crippen LogP contribution in [0.5, 0.6) is 5.75 Å². The van der Waals surface area contributed by atoms with Crippen LogP contribution in [-0.4, -0.2) is 77.2 Å². The van der Waals surface area contributed by atoms with Crippen LogP contribution in [0.3, 0.4) is 0 Å². The first kappa shape index (κ1) is 26.5. The Morgan fingerprint density at radius 2 is 1.70 bits per heavy atom. The topological polar surface area (TPSA) is 53.1 Å². The van der Waals surface area contributed by atoms with Crippen LogP contribution in [0.1, 0.15) is 51.4 Å². The minimum atomic E-state index is -0.505. The van der Waals surface area contributed by atoms with Crippen molar-refractivity contribution in [1.29, 1.82) is 0 Å². The second-order valence-corrected chi connectivity index (χ2v) is 11.5. The first-order valence-corrected chi connectivity index (χ1v) is 14.5. The summed E-state index contributed by atoms with van der Waals surface area (Å²) in [4.78, 5) is 32.3. The highest BCUT2D eigenvalue weighted by Gasteiger charge is 2.39. The Labute approximate surface area is 226 Å². The lowest BCUT2D eigenvalue weighted by molar-refractivity contribution is -0.146. The molecule has 2 heterocycles. The van der Waals surface area contributed by atoms with E-state index in [1.54, 1.807) is 4.90 Å². The summed E-state index contributed by atoms with van der Waals surface area (Å²) in [5, 5.41) is -0.390. The number of amides is 1. The van der Waals surface area contributed by atoms with E-state index in [1.807, 2.05) is 30.3 Å². The van der Waals surface area contributed by atoms with Gasteiger partial charge in [-0.05, 0) is 87.0 Å². The lowest BCUT2D eigenvalue weighted by atomic mass is 9.87. The lowest BCUT2D eigenvalue weighted by Crippen LogP contribution is -2.61. The molecule has 2 saturated heterocycles. The molecule has 5 rings (SSSR count). The average molecular weight is 526 g/mol. The van der Waals surface area contributed by atoms with Crippen molar-refractivity contribution in [3.05, 3.63) is 54.3 Å². The maximum Gasteiger partial charge on any atom is 0.245 e. The largest absolute Gasteiger partial charge is 0.458 e. The number of para-hydroxylation sites is 1. The van der Waals surface area contributed by atoms with Crippen molar-refractivity contribution in [3.63, 3.8) is 0 Å². The molecule has 37 heavy (non-hydrogen) atoms. The van der Waals surface area contributed by atoms with Crippen molar-refractivity contribution < 1.29 is 14.3 Å². The summed E-state index contributed by atoms with van der Waals surface area (Å²) in [5.74, 6) is 2.53. The van der Waals surface area contributed by atoms with Gasteiger partial charge in [0.2, 0.25) is 11.1 Å². The van der Waals surface area contributed by atoms with Crippen LogP contribution in [0.4, 0.5) is 0 Å². The van der Waals surface area contributed by atoms with E-state index in [2.05, 4.69) is 28.0 Å². The number of piperidine rings is 1. The zero-order valence-electron chi connectivity index (χ0n) is 21.8. The molecule has 3 fully saturated rings. The molecule has 2 aliphatic heterocycles. The van der Waals surface area contributed by atoms with E-state index in [9.17, 15) is 9.59 Å². The van der Waals surface area contributed by atoms with E-state index in [0.717, 1.165) is 82.6 Å². The molecule has 7 heteroatoms. The molecular weight excluding hydrogens is 486 g/mol. The van der Waals surface area contributed by atoms with Crippen molar-refractivity contribution >= 4 is 22.8 Å². The maximum absolute atomic E-state index is 13.2. The van der Waals surface area contributed by atoms with E-state index in [-0.39, 0.29) is 17.1 Å². The number of benzene rings is 1. The number of ether oxygens (including phenoxy) is 1. The van der Waals surface area contributed by atoms with Crippen LogP contribution < -0.4 is 4.74 Å². The Morgan fingerprint density at radius 1 is 0.946 bits per heavy atom. The predicted octanol–water partition coefficient (Wildman–Crippen LogP) is 4.85. The van der Waals surface area contributed by atoms with Gasteiger partial charge in [-0.3, -0.25) is 14.5 Å². The molecule has 1 aromatic rings. The molecule has 1 saturated carbocycles. The van der Waals surface area contributed by atoms with Gasteiger partial charge in [-0.25, -0.2) is 0 Å². The third-order valence-corrected chi connectivity index (χ3v) is 8.86. The van der Waals surface area contributed by atoms with Gasteiger partial charge in [-0.2, -0.15) is 0 Å². The van der Waals surface area contributed by atoms with E-state index in [1.165, 1.54) is 6.42 Å². The third kappa shape index (κ3) is 6.84. The lowest BCUT2D eigenvalue weighted by Gasteiger charge is -2.46. The predicted molar refractivity (Wildman–Crippen MR) is 146 cm³/mol. The number of hydrogen-bond acceptors (Lipinski definition) is 5. The molecule has 0 aromatic heterocycles. The van der Waals surface area contributed by atoms with Crippen molar-refractivity contribution in [2.45, 2.75) is 63.5 Å². The molecule has 200 valence electrons. The summed E-state index contributed by atoms with van der Waals surface area (Å²) in [7, 11) is 0. The number of likely N-dealkylation sites (tertiary alicyclic amines) is 1. The van der Waals surface area contributed by atoms with Gasteiger partial charge in [0.25, 0.3) is 0 Å². The van der Waals surface area contributed by atoms with Crippen molar-refractivity contribution in [2.75, 3.05) is 39.3 Å². The van der Waals surface area contributed by atoms with Crippen molar-refractivity contribution in [3.8, 4) is 5.75 Å². The second kappa shape index (κ2) is 12.6. The fraction of sp³-hybridized carbons (Fsp3) is 0.600. The number of piperazine rings is 1. The molecule has 2 atom stereocenters. The Kier molecular flexibility index (Phi) is 9.01. The quantitative estimate of drug-likeness (QED) is 0.476. The number of allylic oxidation sites excluding steroid dienone is 2. The SMILES string of the molecule is O=C(Cl)C1CN(C2CCN(CC3C=CC(Oc4ccccc4)=CC3)CC2)CCN1C(=O)C1CCCCC1. The highest BCUT2D eigenvalue weighted by atomic mass is 35.5. The average Bonchev–Trinajstić information content (AvgIpc) is 2.95. The Morgan fingerprint density at radius 3 is 2.38 bits per heavy atom. The van der Waals surface area contributed by atoms with E-state index >= 15 is 0 Å². The molecule has 2 aliphatic carbocycles. The van der Waals surface area contributed by atoms with Crippen LogP contribution in [0.25, 0.3) is 0 Å². The molecule has 2 unspecified atom stereocenters. The van der Waals surface area contributed by atoms with Gasteiger partial charge in [-0.1, -0.05) is 43.5 Å². The van der Waals surface area contributed by atoms with Gasteiger partial charge >= 0.3 is 0 Å². The van der Waals surface area contributed by atoms with Crippen LogP contribution in [0.2, 0.25) is 0 Å². The molecule has 4 aliphatic rings. The molecule has 6 nitrogen and oxygen atoms in total. The first-order chi connectivity index (χ1) is 18.1. The van der Waals surface area contributed by atoms with Crippen LogP contribution in [0, 0.1) is 11.8 Å². The second-order valence-electron chi connectivity index (χ2n) is 11.1. The molecule has 1 amide bonds. The van der Waals surface area contributed by atoms with Gasteiger partial charge in [0.15, 0.2) is 0 Å². The standard InChI is InChI=1S/C30H40ClN3O3/c31-29(35)28-22-33(19-20-34(28)30(36)24-7-3-1-4-8-24)25-15-17-32(18-16-25)21-23-11-13-27(14-12-23)37-26-9-5-2-6-10-26/h2,5-6,9-11,13-14,23-25,28H,1,3-4,7-8,12,15-22H2. The summed E-state index contributed by atoms with van der Waals surface area (Å²) in [6.07, 6.45) is 15.1. The van der Waals surface area contributed by atoms with Crippen molar-refractivity contribution in [2.24, 2.45) is 11.8 Å².